The lowest BCUT2D eigenvalue weighted by Gasteiger charge is -2.42. The number of carbonyl (C=O) groups excluding carboxylic acids is 3. The van der Waals surface area contributed by atoms with Gasteiger partial charge in [-0.1, -0.05) is 6.07 Å². The number of anilines is 1. The van der Waals surface area contributed by atoms with Crippen molar-refractivity contribution in [2.45, 2.75) is 64.0 Å². The van der Waals surface area contributed by atoms with Crippen molar-refractivity contribution in [3.8, 4) is 0 Å². The first-order valence-electron chi connectivity index (χ1n) is 13.4. The standard InChI is InChI=1S/C27H36FN5O6/c1-27(2,3)39-26(37)31-11-10-21(17(28)14-31)38-15-16-12-32(13-16)18-6-5-7-19-23(18)30(4)25(36)33(19)20-8-9-22(34)29-24(20)35/h5-7,16-17,20-21H,8-15H2,1-4H3,(H,29,34,35)/t17-,20?,21+/m1/s1. The molecule has 4 heterocycles. The lowest BCUT2D eigenvalue weighted by molar-refractivity contribution is -0.135. The second kappa shape index (κ2) is 10.3. The molecule has 0 radical (unpaired) electrons. The lowest BCUT2D eigenvalue weighted by atomic mass is 9.99. The van der Waals surface area contributed by atoms with Crippen molar-refractivity contribution in [3.05, 3.63) is 28.7 Å². The number of imidazole rings is 1. The predicted molar refractivity (Wildman–Crippen MR) is 141 cm³/mol. The average Bonchev–Trinajstić information content (AvgIpc) is 3.08. The van der Waals surface area contributed by atoms with Crippen LogP contribution >= 0.6 is 0 Å². The maximum absolute atomic E-state index is 14.8. The number of nitrogens with zero attached hydrogens (tertiary/aromatic N) is 4. The van der Waals surface area contributed by atoms with Crippen LogP contribution in [0.4, 0.5) is 14.9 Å². The highest BCUT2D eigenvalue weighted by Crippen LogP contribution is 2.33. The molecule has 1 aromatic carbocycles. The summed E-state index contributed by atoms with van der Waals surface area (Å²) in [5.41, 5.74) is 1.31. The van der Waals surface area contributed by atoms with Gasteiger partial charge in [0, 0.05) is 39.0 Å². The summed E-state index contributed by atoms with van der Waals surface area (Å²) in [6.07, 6.45) is -1.47. The summed E-state index contributed by atoms with van der Waals surface area (Å²) >= 11 is 0. The first-order valence-corrected chi connectivity index (χ1v) is 13.4. The van der Waals surface area contributed by atoms with E-state index >= 15 is 0 Å². The van der Waals surface area contributed by atoms with E-state index < -0.39 is 35.9 Å². The van der Waals surface area contributed by atoms with Crippen molar-refractivity contribution in [1.82, 2.24) is 19.4 Å². The van der Waals surface area contributed by atoms with Crippen molar-refractivity contribution >= 4 is 34.6 Å². The van der Waals surface area contributed by atoms with Gasteiger partial charge in [-0.25, -0.2) is 14.0 Å². The summed E-state index contributed by atoms with van der Waals surface area (Å²) < 4.78 is 29.1. The number of nitrogens with one attached hydrogen (secondary N) is 1. The van der Waals surface area contributed by atoms with Crippen LogP contribution in [-0.2, 0) is 26.1 Å². The number of amides is 3. The molecule has 0 aliphatic carbocycles. The lowest BCUT2D eigenvalue weighted by Crippen LogP contribution is -2.52. The summed E-state index contributed by atoms with van der Waals surface area (Å²) in [5, 5.41) is 2.33. The molecule has 212 valence electrons. The van der Waals surface area contributed by atoms with Gasteiger partial charge in [0.15, 0.2) is 0 Å². The number of halogens is 1. The van der Waals surface area contributed by atoms with Crippen LogP contribution in [0.2, 0.25) is 0 Å². The van der Waals surface area contributed by atoms with Crippen molar-refractivity contribution in [3.63, 3.8) is 0 Å². The smallest absolute Gasteiger partial charge is 0.410 e. The van der Waals surface area contributed by atoms with Gasteiger partial charge in [0.2, 0.25) is 11.8 Å². The molecular formula is C27H36FN5O6. The van der Waals surface area contributed by atoms with Gasteiger partial charge in [-0.2, -0.15) is 0 Å². The topological polar surface area (TPSA) is 115 Å². The molecule has 11 nitrogen and oxygen atoms in total. The number of likely N-dealkylation sites (tertiary alicyclic amines) is 1. The molecule has 5 rings (SSSR count). The van der Waals surface area contributed by atoms with E-state index in [1.54, 1.807) is 32.4 Å². The number of benzene rings is 1. The summed E-state index contributed by atoms with van der Waals surface area (Å²) in [7, 11) is 1.68. The molecule has 0 spiro atoms. The molecule has 3 atom stereocenters. The van der Waals surface area contributed by atoms with Gasteiger partial charge in [0.05, 0.1) is 36.0 Å². The van der Waals surface area contributed by atoms with Gasteiger partial charge in [-0.05, 0) is 45.7 Å². The average molecular weight is 546 g/mol. The van der Waals surface area contributed by atoms with Crippen LogP contribution in [0.3, 0.4) is 0 Å². The molecule has 2 aromatic rings. The summed E-state index contributed by atoms with van der Waals surface area (Å²) in [5.74, 6) is -0.590. The van der Waals surface area contributed by atoms with E-state index in [1.165, 1.54) is 9.47 Å². The molecule has 3 amide bonds. The number of carbonyl (C=O) groups is 3. The van der Waals surface area contributed by atoms with E-state index in [-0.39, 0.29) is 36.9 Å². The number of aryl methyl sites for hydroxylation is 1. The molecule has 12 heteroatoms. The Labute approximate surface area is 225 Å². The molecule has 1 unspecified atom stereocenters. The number of ether oxygens (including phenoxy) is 2. The molecule has 1 aromatic heterocycles. The van der Waals surface area contributed by atoms with E-state index in [1.807, 2.05) is 18.2 Å². The summed E-state index contributed by atoms with van der Waals surface area (Å²) in [6.45, 7) is 7.46. The first-order chi connectivity index (χ1) is 18.4. The van der Waals surface area contributed by atoms with E-state index in [0.717, 1.165) is 11.2 Å². The molecule has 3 aliphatic rings. The van der Waals surface area contributed by atoms with Crippen LogP contribution in [0.25, 0.3) is 11.0 Å². The van der Waals surface area contributed by atoms with Crippen LogP contribution in [-0.4, -0.2) is 82.6 Å². The Morgan fingerprint density at radius 3 is 2.54 bits per heavy atom. The Morgan fingerprint density at radius 2 is 1.87 bits per heavy atom. The number of hydrogen-bond acceptors (Lipinski definition) is 7. The van der Waals surface area contributed by atoms with Crippen LogP contribution < -0.4 is 15.9 Å². The zero-order valence-corrected chi connectivity index (χ0v) is 22.8. The van der Waals surface area contributed by atoms with Crippen LogP contribution in [0.15, 0.2) is 23.0 Å². The van der Waals surface area contributed by atoms with Crippen molar-refractivity contribution < 1.29 is 28.2 Å². The summed E-state index contributed by atoms with van der Waals surface area (Å²) in [6, 6.07) is 4.88. The van der Waals surface area contributed by atoms with Crippen LogP contribution in [0, 0.1) is 5.92 Å². The van der Waals surface area contributed by atoms with E-state index in [9.17, 15) is 23.6 Å². The quantitative estimate of drug-likeness (QED) is 0.573. The van der Waals surface area contributed by atoms with Gasteiger partial charge < -0.3 is 19.3 Å². The van der Waals surface area contributed by atoms with Gasteiger partial charge in [0.1, 0.15) is 17.8 Å². The Balaban J connectivity index is 1.19. The number of para-hydroxylation sites is 1. The minimum atomic E-state index is -1.28. The number of piperidine rings is 2. The van der Waals surface area contributed by atoms with E-state index in [2.05, 4.69) is 10.2 Å². The molecule has 39 heavy (non-hydrogen) atoms. The molecule has 0 bridgehead atoms. The fourth-order valence-corrected chi connectivity index (χ4v) is 5.60. The van der Waals surface area contributed by atoms with E-state index in [4.69, 9.17) is 9.47 Å². The molecule has 3 aliphatic heterocycles. The molecule has 3 saturated heterocycles. The molecular weight excluding hydrogens is 509 g/mol. The Bertz CT molecular complexity index is 1340. The second-order valence-electron chi connectivity index (χ2n) is 11.7. The Morgan fingerprint density at radius 1 is 1.13 bits per heavy atom. The van der Waals surface area contributed by atoms with Crippen molar-refractivity contribution in [2.24, 2.45) is 13.0 Å². The van der Waals surface area contributed by atoms with E-state index in [0.29, 0.717) is 38.2 Å². The summed E-state index contributed by atoms with van der Waals surface area (Å²) in [4.78, 5) is 53.0. The van der Waals surface area contributed by atoms with Gasteiger partial charge in [-0.3, -0.25) is 24.0 Å². The minimum Gasteiger partial charge on any atom is -0.444 e. The van der Waals surface area contributed by atoms with Crippen molar-refractivity contribution in [2.75, 3.05) is 37.7 Å². The van der Waals surface area contributed by atoms with Gasteiger partial charge in [0.25, 0.3) is 0 Å². The predicted octanol–water partition coefficient (Wildman–Crippen LogP) is 2.12. The fourth-order valence-electron chi connectivity index (χ4n) is 5.60. The number of aromatic nitrogens is 2. The first kappa shape index (κ1) is 27.2. The van der Waals surface area contributed by atoms with Gasteiger partial charge in [-0.15, -0.1) is 0 Å². The highest BCUT2D eigenvalue weighted by atomic mass is 19.1. The normalized spacial score (nSPS) is 24.6. The minimum absolute atomic E-state index is 0.0451. The Kier molecular flexibility index (Phi) is 7.17. The third-order valence-electron chi connectivity index (χ3n) is 7.58. The second-order valence-corrected chi connectivity index (χ2v) is 11.7. The highest BCUT2D eigenvalue weighted by Gasteiger charge is 2.37. The fraction of sp³-hybridized carbons (Fsp3) is 0.630. The number of alkyl halides is 1. The number of fused-ring (bicyclic) bond motifs is 1. The highest BCUT2D eigenvalue weighted by molar-refractivity contribution is 6.00. The molecule has 3 fully saturated rings. The number of rotatable bonds is 5. The monoisotopic (exact) mass is 545 g/mol. The molecule has 0 saturated carbocycles. The number of hydrogen-bond donors (Lipinski definition) is 1. The van der Waals surface area contributed by atoms with Crippen molar-refractivity contribution in [1.29, 1.82) is 0 Å². The number of imide groups is 1. The zero-order chi connectivity index (χ0) is 28.1. The maximum Gasteiger partial charge on any atom is 0.410 e. The van der Waals surface area contributed by atoms with Crippen LogP contribution in [0.5, 0.6) is 0 Å². The zero-order valence-electron chi connectivity index (χ0n) is 22.8. The maximum atomic E-state index is 14.8. The molecule has 1 N–H and O–H groups in total. The Hall–Kier alpha value is -3.41. The van der Waals surface area contributed by atoms with Crippen LogP contribution in [0.1, 0.15) is 46.1 Å². The SMILES string of the molecule is Cn1c(=O)n(C2CCC(=O)NC2=O)c2cccc(N3CC(CO[C@H]4CCN(C(=O)OC(C)(C)C)C[C@H]4F)C3)c21. The largest absolute Gasteiger partial charge is 0.444 e. The third kappa shape index (κ3) is 5.39. The van der Waals surface area contributed by atoms with Gasteiger partial charge >= 0.3 is 11.8 Å². The third-order valence-corrected chi connectivity index (χ3v) is 7.58.